The smallest absolute Gasteiger partial charge is 0.248 e. The van der Waals surface area contributed by atoms with Crippen LogP contribution in [0, 0.1) is 0 Å². The highest BCUT2D eigenvalue weighted by Crippen LogP contribution is 2.25. The van der Waals surface area contributed by atoms with Crippen molar-refractivity contribution >= 4 is 40.7 Å². The number of hydrogen-bond donors (Lipinski definition) is 3. The highest BCUT2D eigenvalue weighted by atomic mass is 35.5. The van der Waals surface area contributed by atoms with Crippen molar-refractivity contribution in [1.29, 1.82) is 0 Å². The van der Waals surface area contributed by atoms with E-state index in [-0.39, 0.29) is 23.8 Å². The summed E-state index contributed by atoms with van der Waals surface area (Å²) in [4.78, 5) is 34.8. The number of nitrogens with two attached hydrogens (primary N) is 1. The summed E-state index contributed by atoms with van der Waals surface area (Å²) in [5, 5.41) is 5.73. The molecule has 4 N–H and O–H groups in total. The third-order valence-electron chi connectivity index (χ3n) is 3.69. The molecule has 0 saturated carbocycles. The van der Waals surface area contributed by atoms with Gasteiger partial charge in [0.1, 0.15) is 0 Å². The molecule has 0 bridgehead atoms. The van der Waals surface area contributed by atoms with Crippen molar-refractivity contribution < 1.29 is 14.4 Å². The molecule has 6 nitrogen and oxygen atoms in total. The van der Waals surface area contributed by atoms with Gasteiger partial charge in [-0.25, -0.2) is 0 Å². The number of rotatable bonds is 4. The Morgan fingerprint density at radius 1 is 1.21 bits per heavy atom. The first-order valence-electron chi connectivity index (χ1n) is 7.23. The van der Waals surface area contributed by atoms with Crippen LogP contribution in [-0.4, -0.2) is 17.7 Å². The minimum Gasteiger partial charge on any atom is -0.366 e. The van der Waals surface area contributed by atoms with E-state index in [4.69, 9.17) is 17.3 Å². The fourth-order valence-corrected chi connectivity index (χ4v) is 2.69. The Balaban J connectivity index is 1.73. The number of amides is 3. The lowest BCUT2D eigenvalue weighted by Crippen LogP contribution is -2.16. The maximum absolute atomic E-state index is 12.2. The van der Waals surface area contributed by atoms with Gasteiger partial charge in [0.15, 0.2) is 0 Å². The average Bonchev–Trinajstić information content (AvgIpc) is 2.88. The quantitative estimate of drug-likeness (QED) is 0.792. The number of carbonyl (C=O) groups excluding carboxylic acids is 3. The van der Waals surface area contributed by atoms with Crippen molar-refractivity contribution in [2.75, 3.05) is 10.6 Å². The molecule has 7 heteroatoms. The molecule has 0 unspecified atom stereocenters. The SMILES string of the molecule is NC(=O)c1ccc(Cl)c(NC(=O)Cc2ccc3c(c2)NC(=O)C3)c1. The number of benzene rings is 2. The molecule has 3 rings (SSSR count). The Bertz CT molecular complexity index is 864. The van der Waals surface area contributed by atoms with Crippen LogP contribution < -0.4 is 16.4 Å². The second-order valence-electron chi connectivity index (χ2n) is 5.50. The molecule has 2 aromatic carbocycles. The maximum atomic E-state index is 12.2. The van der Waals surface area contributed by atoms with Crippen LogP contribution in [0.3, 0.4) is 0 Å². The fourth-order valence-electron chi connectivity index (χ4n) is 2.53. The van der Waals surface area contributed by atoms with Gasteiger partial charge in [-0.05, 0) is 35.4 Å². The van der Waals surface area contributed by atoms with Gasteiger partial charge in [0.05, 0.1) is 23.6 Å². The summed E-state index contributed by atoms with van der Waals surface area (Å²) >= 11 is 6.03. The number of carbonyl (C=O) groups is 3. The van der Waals surface area contributed by atoms with Crippen molar-refractivity contribution in [2.45, 2.75) is 12.8 Å². The molecule has 0 radical (unpaired) electrons. The van der Waals surface area contributed by atoms with E-state index >= 15 is 0 Å². The summed E-state index contributed by atoms with van der Waals surface area (Å²) in [6.45, 7) is 0. The predicted molar refractivity (Wildman–Crippen MR) is 91.1 cm³/mol. The zero-order valence-corrected chi connectivity index (χ0v) is 13.3. The molecule has 0 aliphatic carbocycles. The van der Waals surface area contributed by atoms with Crippen molar-refractivity contribution in [3.05, 3.63) is 58.1 Å². The van der Waals surface area contributed by atoms with Crippen molar-refractivity contribution in [1.82, 2.24) is 0 Å². The minimum absolute atomic E-state index is 0.0540. The van der Waals surface area contributed by atoms with Gasteiger partial charge in [0.25, 0.3) is 0 Å². The standard InChI is InChI=1S/C17H14ClN3O3/c18-12-4-3-11(17(19)24)7-14(12)21-15(22)6-9-1-2-10-8-16(23)20-13(10)5-9/h1-5,7H,6,8H2,(H2,19,24)(H,20,23)(H,21,22). The second kappa shape index (κ2) is 6.33. The van der Waals surface area contributed by atoms with Crippen LogP contribution in [0.15, 0.2) is 36.4 Å². The Morgan fingerprint density at radius 2 is 2.00 bits per heavy atom. The topological polar surface area (TPSA) is 101 Å². The molecule has 0 aromatic heterocycles. The summed E-state index contributed by atoms with van der Waals surface area (Å²) in [7, 11) is 0. The molecule has 3 amide bonds. The van der Waals surface area contributed by atoms with E-state index < -0.39 is 5.91 Å². The third-order valence-corrected chi connectivity index (χ3v) is 4.02. The van der Waals surface area contributed by atoms with Gasteiger partial charge in [0.2, 0.25) is 17.7 Å². The monoisotopic (exact) mass is 343 g/mol. The average molecular weight is 344 g/mol. The van der Waals surface area contributed by atoms with Gasteiger partial charge in [-0.15, -0.1) is 0 Å². The number of fused-ring (bicyclic) bond motifs is 1. The lowest BCUT2D eigenvalue weighted by Gasteiger charge is -2.09. The lowest BCUT2D eigenvalue weighted by molar-refractivity contribution is -0.116. The van der Waals surface area contributed by atoms with Crippen molar-refractivity contribution in [3.8, 4) is 0 Å². The number of hydrogen-bond acceptors (Lipinski definition) is 3. The first-order valence-corrected chi connectivity index (χ1v) is 7.61. The molecule has 24 heavy (non-hydrogen) atoms. The number of nitrogens with one attached hydrogen (secondary N) is 2. The largest absolute Gasteiger partial charge is 0.366 e. The number of anilines is 2. The van der Waals surface area contributed by atoms with Gasteiger partial charge >= 0.3 is 0 Å². The van der Waals surface area contributed by atoms with Gasteiger partial charge in [-0.1, -0.05) is 23.7 Å². The zero-order valence-electron chi connectivity index (χ0n) is 12.6. The predicted octanol–water partition coefficient (Wildman–Crippen LogP) is 2.11. The molecule has 2 aromatic rings. The Morgan fingerprint density at radius 3 is 2.75 bits per heavy atom. The van der Waals surface area contributed by atoms with E-state index in [9.17, 15) is 14.4 Å². The first-order chi connectivity index (χ1) is 11.4. The highest BCUT2D eigenvalue weighted by Gasteiger charge is 2.18. The summed E-state index contributed by atoms with van der Waals surface area (Å²) in [5.41, 5.74) is 8.22. The third kappa shape index (κ3) is 3.38. The number of halogens is 1. The van der Waals surface area contributed by atoms with E-state index in [0.29, 0.717) is 17.1 Å². The van der Waals surface area contributed by atoms with Crippen LogP contribution in [0.1, 0.15) is 21.5 Å². The van der Waals surface area contributed by atoms with Gasteiger partial charge in [-0.2, -0.15) is 0 Å². The first kappa shape index (κ1) is 16.0. The Hall–Kier alpha value is -2.86. The fraction of sp³-hybridized carbons (Fsp3) is 0.118. The molecular formula is C17H14ClN3O3. The molecule has 1 aliphatic rings. The van der Waals surface area contributed by atoms with Gasteiger partial charge in [-0.3, -0.25) is 14.4 Å². The lowest BCUT2D eigenvalue weighted by atomic mass is 10.1. The van der Waals surface area contributed by atoms with Crippen LogP contribution >= 0.6 is 11.6 Å². The van der Waals surface area contributed by atoms with Crippen LogP contribution in [0.4, 0.5) is 11.4 Å². The highest BCUT2D eigenvalue weighted by molar-refractivity contribution is 6.33. The van der Waals surface area contributed by atoms with E-state index in [1.165, 1.54) is 18.2 Å². The summed E-state index contributed by atoms with van der Waals surface area (Å²) < 4.78 is 0. The molecule has 0 spiro atoms. The van der Waals surface area contributed by atoms with Crippen molar-refractivity contribution in [3.63, 3.8) is 0 Å². The van der Waals surface area contributed by atoms with Crippen molar-refractivity contribution in [2.24, 2.45) is 5.73 Å². The summed E-state index contributed by atoms with van der Waals surface area (Å²) in [5.74, 6) is -0.944. The Kier molecular flexibility index (Phi) is 4.22. The van der Waals surface area contributed by atoms with Crippen LogP contribution in [0.2, 0.25) is 5.02 Å². The normalized spacial score (nSPS) is 12.5. The molecule has 122 valence electrons. The number of primary amides is 1. The van der Waals surface area contributed by atoms with Crippen LogP contribution in [0.25, 0.3) is 0 Å². The molecular weight excluding hydrogens is 330 g/mol. The van der Waals surface area contributed by atoms with E-state index in [1.807, 2.05) is 6.07 Å². The van der Waals surface area contributed by atoms with Gasteiger partial charge < -0.3 is 16.4 Å². The van der Waals surface area contributed by atoms with Crippen LogP contribution in [0.5, 0.6) is 0 Å². The molecule has 0 saturated heterocycles. The van der Waals surface area contributed by atoms with E-state index in [0.717, 1.165) is 16.8 Å². The summed E-state index contributed by atoms with van der Waals surface area (Å²) in [6, 6.07) is 9.84. The zero-order chi connectivity index (χ0) is 17.3. The Labute approximate surface area is 143 Å². The van der Waals surface area contributed by atoms with Crippen LogP contribution in [-0.2, 0) is 22.4 Å². The van der Waals surface area contributed by atoms with E-state index in [2.05, 4.69) is 10.6 Å². The molecule has 0 atom stereocenters. The van der Waals surface area contributed by atoms with E-state index in [1.54, 1.807) is 12.1 Å². The summed E-state index contributed by atoms with van der Waals surface area (Å²) in [6.07, 6.45) is 0.470. The second-order valence-corrected chi connectivity index (χ2v) is 5.91. The maximum Gasteiger partial charge on any atom is 0.248 e. The van der Waals surface area contributed by atoms with Gasteiger partial charge in [0, 0.05) is 11.3 Å². The molecule has 0 fully saturated rings. The molecule has 1 heterocycles. The minimum atomic E-state index is -0.600. The molecule has 1 aliphatic heterocycles.